The Labute approximate surface area is 283 Å². The van der Waals surface area contributed by atoms with Crippen molar-refractivity contribution in [2.45, 2.75) is 32.6 Å². The molecule has 1 nitrogen and oxygen atoms in total. The highest BCUT2D eigenvalue weighted by atomic mass is 15.0. The molecule has 0 N–H and O–H groups in total. The van der Waals surface area contributed by atoms with E-state index in [1.807, 2.05) is 0 Å². The van der Waals surface area contributed by atoms with Gasteiger partial charge in [-0.3, -0.25) is 0 Å². The van der Waals surface area contributed by atoms with Gasteiger partial charge in [0.1, 0.15) is 0 Å². The second kappa shape index (κ2) is 12.5. The summed E-state index contributed by atoms with van der Waals surface area (Å²) in [6.07, 6.45) is 0. The van der Waals surface area contributed by atoms with Crippen molar-refractivity contribution < 1.29 is 0 Å². The van der Waals surface area contributed by atoms with Gasteiger partial charge in [0, 0.05) is 16.5 Å². The normalized spacial score (nSPS) is 12.7. The summed E-state index contributed by atoms with van der Waals surface area (Å²) in [4.78, 5) is 0. The van der Waals surface area contributed by atoms with Crippen molar-refractivity contribution in [2.75, 3.05) is 0 Å². The van der Waals surface area contributed by atoms with Crippen molar-refractivity contribution >= 4 is 21.8 Å². The van der Waals surface area contributed by atoms with E-state index in [-0.39, 0.29) is 0 Å². The second-order valence-electron chi connectivity index (χ2n) is 13.1. The highest BCUT2D eigenvalue weighted by molar-refractivity contribution is 6.16. The number of hydrogen-bond acceptors (Lipinski definition) is 0. The molecule has 1 heterocycles. The van der Waals surface area contributed by atoms with Gasteiger partial charge in [-0.05, 0) is 99.2 Å². The molecule has 232 valence electrons. The molecule has 8 aromatic rings. The van der Waals surface area contributed by atoms with Gasteiger partial charge < -0.3 is 4.57 Å². The van der Waals surface area contributed by atoms with Crippen LogP contribution in [0.2, 0.25) is 0 Å². The first kappa shape index (κ1) is 29.7. The topological polar surface area (TPSA) is 4.93 Å². The molecule has 0 bridgehead atoms. The molecule has 48 heavy (non-hydrogen) atoms. The number of nitrogens with zero attached hydrogens (tertiary/aromatic N) is 1. The van der Waals surface area contributed by atoms with Crippen LogP contribution in [0, 0.1) is 6.92 Å². The average molecular weight is 618 g/mol. The number of para-hydroxylation sites is 1. The Balaban J connectivity index is 1.30. The first-order valence-electron chi connectivity index (χ1n) is 17.0. The summed E-state index contributed by atoms with van der Waals surface area (Å²) in [5.74, 6) is 0.724. The fraction of sp³-hybridized carbons (Fsp3) is 0.106. The van der Waals surface area contributed by atoms with Crippen LogP contribution in [0.1, 0.15) is 42.4 Å². The van der Waals surface area contributed by atoms with E-state index in [0.29, 0.717) is 11.8 Å². The Morgan fingerprint density at radius 2 is 1.04 bits per heavy atom. The van der Waals surface area contributed by atoms with Gasteiger partial charge in [-0.2, -0.15) is 0 Å². The number of fused-ring (bicyclic) bond motifs is 3. The number of aromatic nitrogens is 1. The van der Waals surface area contributed by atoms with Gasteiger partial charge in [-0.25, -0.2) is 0 Å². The lowest BCUT2D eigenvalue weighted by Gasteiger charge is -2.25. The number of hydrogen-bond donors (Lipinski definition) is 0. The van der Waals surface area contributed by atoms with Gasteiger partial charge in [-0.1, -0.05) is 153 Å². The predicted octanol–water partition coefficient (Wildman–Crippen LogP) is 13.0. The van der Waals surface area contributed by atoms with E-state index in [1.165, 1.54) is 71.9 Å². The van der Waals surface area contributed by atoms with E-state index in [4.69, 9.17) is 0 Å². The molecule has 0 spiro atoms. The predicted molar refractivity (Wildman–Crippen MR) is 205 cm³/mol. The zero-order chi connectivity index (χ0) is 32.6. The molecule has 2 atom stereocenters. The lowest BCUT2D eigenvalue weighted by Crippen LogP contribution is -2.07. The van der Waals surface area contributed by atoms with E-state index in [9.17, 15) is 0 Å². The maximum atomic E-state index is 2.45. The largest absolute Gasteiger partial charge is 0.309 e. The van der Waals surface area contributed by atoms with Gasteiger partial charge in [-0.15, -0.1) is 0 Å². The van der Waals surface area contributed by atoms with Crippen LogP contribution in [0.15, 0.2) is 170 Å². The van der Waals surface area contributed by atoms with Crippen LogP contribution in [0.25, 0.3) is 60.9 Å². The van der Waals surface area contributed by atoms with Crippen molar-refractivity contribution in [2.24, 2.45) is 0 Å². The van der Waals surface area contributed by atoms with E-state index in [2.05, 4.69) is 195 Å². The summed E-state index contributed by atoms with van der Waals surface area (Å²) in [5, 5.41) is 2.55. The summed E-state index contributed by atoms with van der Waals surface area (Å²) in [6, 6.07) is 62.1. The van der Waals surface area contributed by atoms with Crippen molar-refractivity contribution in [3.63, 3.8) is 0 Å². The first-order valence-corrected chi connectivity index (χ1v) is 17.0. The zero-order valence-corrected chi connectivity index (χ0v) is 27.8. The molecule has 0 radical (unpaired) electrons. The molecule has 0 amide bonds. The van der Waals surface area contributed by atoms with Crippen molar-refractivity contribution in [3.05, 3.63) is 187 Å². The smallest absolute Gasteiger partial charge is 0.0547 e. The Bertz CT molecular complexity index is 2360. The minimum Gasteiger partial charge on any atom is -0.309 e. The van der Waals surface area contributed by atoms with Gasteiger partial charge in [0.2, 0.25) is 0 Å². The number of benzene rings is 7. The molecule has 8 rings (SSSR count). The third-order valence-corrected chi connectivity index (χ3v) is 10.3. The Morgan fingerprint density at radius 1 is 0.438 bits per heavy atom. The van der Waals surface area contributed by atoms with Crippen LogP contribution in [0.3, 0.4) is 0 Å². The summed E-state index contributed by atoms with van der Waals surface area (Å²) in [7, 11) is 0. The maximum absolute atomic E-state index is 2.45. The highest BCUT2D eigenvalue weighted by Crippen LogP contribution is 2.43. The highest BCUT2D eigenvalue weighted by Gasteiger charge is 2.22. The summed E-state index contributed by atoms with van der Waals surface area (Å²) in [5.41, 5.74) is 15.2. The van der Waals surface area contributed by atoms with Crippen LogP contribution < -0.4 is 0 Å². The Kier molecular flexibility index (Phi) is 7.74. The van der Waals surface area contributed by atoms with Crippen molar-refractivity contribution in [1.82, 2.24) is 4.57 Å². The molecular weight excluding hydrogens is 579 g/mol. The minimum absolute atomic E-state index is 0.340. The lowest BCUT2D eigenvalue weighted by molar-refractivity contribution is 0.625. The average Bonchev–Trinajstić information content (AvgIpc) is 3.50. The maximum Gasteiger partial charge on any atom is 0.0547 e. The van der Waals surface area contributed by atoms with E-state index < -0.39 is 0 Å². The minimum atomic E-state index is 0.340. The van der Waals surface area contributed by atoms with Crippen LogP contribution in [-0.4, -0.2) is 4.57 Å². The lowest BCUT2D eigenvalue weighted by atomic mass is 9.79. The van der Waals surface area contributed by atoms with Crippen molar-refractivity contribution in [1.29, 1.82) is 0 Å². The zero-order valence-electron chi connectivity index (χ0n) is 27.8. The second-order valence-corrected chi connectivity index (χ2v) is 13.1. The summed E-state index contributed by atoms with van der Waals surface area (Å²) < 4.78 is 2.42. The van der Waals surface area contributed by atoms with Gasteiger partial charge in [0.25, 0.3) is 0 Å². The van der Waals surface area contributed by atoms with Crippen molar-refractivity contribution in [3.8, 4) is 39.1 Å². The van der Waals surface area contributed by atoms with Crippen LogP contribution >= 0.6 is 0 Å². The van der Waals surface area contributed by atoms with Gasteiger partial charge in [0.05, 0.1) is 11.0 Å². The molecule has 7 aromatic carbocycles. The summed E-state index contributed by atoms with van der Waals surface area (Å²) in [6.45, 7) is 6.97. The third kappa shape index (κ3) is 5.22. The Morgan fingerprint density at radius 3 is 1.81 bits per heavy atom. The molecular formula is C47H39N. The number of rotatable bonds is 7. The van der Waals surface area contributed by atoms with Crippen LogP contribution in [0.4, 0.5) is 0 Å². The fourth-order valence-corrected chi connectivity index (χ4v) is 7.52. The third-order valence-electron chi connectivity index (χ3n) is 10.3. The molecule has 0 fully saturated rings. The van der Waals surface area contributed by atoms with E-state index in [1.54, 1.807) is 0 Å². The van der Waals surface area contributed by atoms with Gasteiger partial charge >= 0.3 is 0 Å². The molecule has 0 saturated heterocycles. The molecule has 1 aromatic heterocycles. The van der Waals surface area contributed by atoms with E-state index in [0.717, 1.165) is 5.69 Å². The van der Waals surface area contributed by atoms with Gasteiger partial charge in [0.15, 0.2) is 0 Å². The van der Waals surface area contributed by atoms with Crippen LogP contribution in [-0.2, 0) is 0 Å². The standard InChI is InChI=1S/C47H39N/c1-32-15-10-11-20-40(32)44-31-38(27-30-41(44)34(3)33(2)35-16-6-4-7-17-35)42-22-14-24-46-47(42)43-21-12-13-23-45(43)48(46)39-28-25-37(26-29-39)36-18-8-5-9-19-36/h4-31,33-34H,1-3H3. The Hall–Kier alpha value is -5.66. The first-order chi connectivity index (χ1) is 23.6. The van der Waals surface area contributed by atoms with E-state index >= 15 is 0 Å². The number of aryl methyl sites for hydroxylation is 1. The molecule has 0 aliphatic heterocycles. The SMILES string of the molecule is Cc1ccccc1-c1cc(-c2cccc3c2c2ccccc2n3-c2ccc(-c3ccccc3)cc2)ccc1C(C)C(C)c1ccccc1. The van der Waals surface area contributed by atoms with Crippen LogP contribution in [0.5, 0.6) is 0 Å². The molecule has 1 heteroatoms. The summed E-state index contributed by atoms with van der Waals surface area (Å²) >= 11 is 0. The monoisotopic (exact) mass is 617 g/mol. The molecule has 0 aliphatic rings. The molecule has 2 unspecified atom stereocenters. The fourth-order valence-electron chi connectivity index (χ4n) is 7.52. The molecule has 0 saturated carbocycles. The quantitative estimate of drug-likeness (QED) is 0.168. The molecule has 0 aliphatic carbocycles.